The summed E-state index contributed by atoms with van der Waals surface area (Å²) in [5.74, 6) is 2.96. The van der Waals surface area contributed by atoms with Crippen molar-refractivity contribution in [2.75, 3.05) is 25.5 Å². The molecule has 3 N–H and O–H groups in total. The predicted molar refractivity (Wildman–Crippen MR) is 155 cm³/mol. The van der Waals surface area contributed by atoms with Crippen molar-refractivity contribution >= 4 is 33.8 Å². The summed E-state index contributed by atoms with van der Waals surface area (Å²) in [6.45, 7) is 8.62. The number of nitrogens with one attached hydrogen (secondary N) is 1. The third-order valence-corrected chi connectivity index (χ3v) is 7.76. The second-order valence-electron chi connectivity index (χ2n) is 12.3. The van der Waals surface area contributed by atoms with Gasteiger partial charge < -0.3 is 29.8 Å². The van der Waals surface area contributed by atoms with Crippen molar-refractivity contribution in [2.45, 2.75) is 64.6 Å². The van der Waals surface area contributed by atoms with E-state index < -0.39 is 0 Å². The number of aryl methyl sites for hydroxylation is 1. The molecule has 4 aromatic rings. The molecule has 1 atom stereocenters. The number of carbonyl (C=O) groups excluding carboxylic acids is 1. The zero-order valence-electron chi connectivity index (χ0n) is 23.6. The van der Waals surface area contributed by atoms with E-state index in [2.05, 4.69) is 47.4 Å². The van der Waals surface area contributed by atoms with Gasteiger partial charge in [-0.2, -0.15) is 0 Å². The van der Waals surface area contributed by atoms with Gasteiger partial charge in [-0.05, 0) is 82.7 Å². The van der Waals surface area contributed by atoms with Crippen LogP contribution in [0.2, 0.25) is 0 Å². The average molecular weight is 530 g/mol. The quantitative estimate of drug-likeness (QED) is 0.373. The van der Waals surface area contributed by atoms with Crippen LogP contribution in [0.3, 0.4) is 0 Å². The Labute approximate surface area is 229 Å². The fourth-order valence-electron chi connectivity index (χ4n) is 5.71. The number of piperidine rings is 1. The van der Waals surface area contributed by atoms with Crippen LogP contribution in [0.15, 0.2) is 30.3 Å². The average Bonchev–Trinajstić information content (AvgIpc) is 3.56. The number of likely N-dealkylation sites (tertiary alicyclic amines) is 1. The fraction of sp³-hybridized carbons (Fsp3) is 0.500. The molecule has 0 spiro atoms. The van der Waals surface area contributed by atoms with Gasteiger partial charge in [0.15, 0.2) is 5.82 Å². The van der Waals surface area contributed by atoms with Gasteiger partial charge in [0.05, 0.1) is 18.3 Å². The number of nitrogens with zero attached hydrogens (tertiary/aromatic N) is 5. The minimum Gasteiger partial charge on any atom is -0.494 e. The van der Waals surface area contributed by atoms with Crippen LogP contribution in [0.4, 0.5) is 5.82 Å². The zero-order chi connectivity index (χ0) is 27.5. The number of nitrogens with two attached hydrogens (primary N) is 1. The molecule has 1 aliphatic heterocycles. The second-order valence-corrected chi connectivity index (χ2v) is 12.3. The third kappa shape index (κ3) is 4.95. The number of fused-ring (bicyclic) bond motifs is 2. The summed E-state index contributed by atoms with van der Waals surface area (Å²) < 4.78 is 10.2. The smallest absolute Gasteiger partial charge is 0.254 e. The first-order valence-corrected chi connectivity index (χ1v) is 14.0. The predicted octanol–water partition coefficient (Wildman–Crippen LogP) is 4.78. The topological polar surface area (TPSA) is 103 Å². The van der Waals surface area contributed by atoms with Crippen molar-refractivity contribution in [2.24, 2.45) is 18.7 Å². The summed E-state index contributed by atoms with van der Waals surface area (Å²) in [6, 6.07) is 10.1. The van der Waals surface area contributed by atoms with E-state index in [4.69, 9.17) is 20.4 Å². The van der Waals surface area contributed by atoms with Crippen LogP contribution in [-0.2, 0) is 13.6 Å². The zero-order valence-corrected chi connectivity index (χ0v) is 23.6. The fourth-order valence-corrected chi connectivity index (χ4v) is 5.71. The van der Waals surface area contributed by atoms with Gasteiger partial charge >= 0.3 is 0 Å². The molecule has 39 heavy (non-hydrogen) atoms. The number of carbonyl (C=O) groups is 1. The summed E-state index contributed by atoms with van der Waals surface area (Å²) in [6.07, 6.45) is 4.35. The highest BCUT2D eigenvalue weighted by molar-refractivity contribution is 6.00. The lowest BCUT2D eigenvalue weighted by molar-refractivity contribution is 0.0708. The molecule has 1 saturated heterocycles. The van der Waals surface area contributed by atoms with Gasteiger partial charge in [-0.15, -0.1) is 0 Å². The number of benzene rings is 1. The first kappa shape index (κ1) is 25.7. The second kappa shape index (κ2) is 9.55. The highest BCUT2D eigenvalue weighted by Gasteiger charge is 2.28. The van der Waals surface area contributed by atoms with Crippen molar-refractivity contribution < 1.29 is 9.53 Å². The number of rotatable bonds is 6. The lowest BCUT2D eigenvalue weighted by atomic mass is 10.0. The van der Waals surface area contributed by atoms with Crippen LogP contribution in [0.5, 0.6) is 5.75 Å². The largest absolute Gasteiger partial charge is 0.494 e. The van der Waals surface area contributed by atoms with Crippen molar-refractivity contribution in [1.82, 2.24) is 24.0 Å². The molecule has 0 unspecified atom stereocenters. The molecule has 6 rings (SSSR count). The summed E-state index contributed by atoms with van der Waals surface area (Å²) in [5.41, 5.74) is 10.2. The van der Waals surface area contributed by atoms with Crippen LogP contribution in [0.1, 0.15) is 56.8 Å². The minimum absolute atomic E-state index is 0.0240. The van der Waals surface area contributed by atoms with E-state index in [1.807, 2.05) is 30.1 Å². The number of ether oxygens (including phenoxy) is 1. The molecule has 9 heteroatoms. The lowest BCUT2D eigenvalue weighted by Crippen LogP contribution is -2.45. The number of anilines is 1. The summed E-state index contributed by atoms with van der Waals surface area (Å²) in [4.78, 5) is 25.4. The Hall–Kier alpha value is -3.59. The SMILES string of the molecule is COc1cc(C(=O)N2CCC[C@@H](N)C2)cc2nc(-c3cc4ccc(NC(C)(C)C)nc4n3CC3CC3)n(C)c12. The molecular formula is C30H39N7O2. The molecule has 1 saturated carbocycles. The first-order chi connectivity index (χ1) is 18.6. The van der Waals surface area contributed by atoms with E-state index in [1.54, 1.807) is 7.11 Å². The maximum atomic E-state index is 13.4. The van der Waals surface area contributed by atoms with Crippen LogP contribution in [-0.4, -0.2) is 61.7 Å². The van der Waals surface area contributed by atoms with Gasteiger partial charge in [0.25, 0.3) is 5.91 Å². The van der Waals surface area contributed by atoms with E-state index in [-0.39, 0.29) is 17.5 Å². The van der Waals surface area contributed by atoms with Gasteiger partial charge in [0.2, 0.25) is 0 Å². The Morgan fingerprint density at radius 1 is 1.15 bits per heavy atom. The summed E-state index contributed by atoms with van der Waals surface area (Å²) in [5, 5.41) is 4.59. The molecule has 0 radical (unpaired) electrons. The normalized spacial score (nSPS) is 18.2. The highest BCUT2D eigenvalue weighted by Crippen LogP contribution is 2.38. The van der Waals surface area contributed by atoms with Crippen LogP contribution in [0, 0.1) is 5.92 Å². The van der Waals surface area contributed by atoms with E-state index in [0.29, 0.717) is 23.8 Å². The molecule has 3 aromatic heterocycles. The van der Waals surface area contributed by atoms with E-state index in [1.165, 1.54) is 12.8 Å². The maximum Gasteiger partial charge on any atom is 0.254 e. The van der Waals surface area contributed by atoms with E-state index in [0.717, 1.165) is 65.3 Å². The number of pyridine rings is 1. The highest BCUT2D eigenvalue weighted by atomic mass is 16.5. The van der Waals surface area contributed by atoms with Crippen LogP contribution >= 0.6 is 0 Å². The molecule has 2 aliphatic rings. The Kier molecular flexibility index (Phi) is 6.29. The molecule has 0 bridgehead atoms. The molecule has 1 aliphatic carbocycles. The van der Waals surface area contributed by atoms with Crippen LogP contribution < -0.4 is 15.8 Å². The van der Waals surface area contributed by atoms with Gasteiger partial charge in [0.1, 0.15) is 22.7 Å². The third-order valence-electron chi connectivity index (χ3n) is 7.76. The van der Waals surface area contributed by atoms with Crippen molar-refractivity contribution in [3.05, 3.63) is 35.9 Å². The molecular weight excluding hydrogens is 490 g/mol. The molecule has 2 fully saturated rings. The monoisotopic (exact) mass is 529 g/mol. The number of hydrogen-bond acceptors (Lipinski definition) is 6. The Balaban J connectivity index is 1.46. The van der Waals surface area contributed by atoms with Gasteiger partial charge in [-0.3, -0.25) is 4.79 Å². The number of amides is 1. The van der Waals surface area contributed by atoms with Gasteiger partial charge in [-0.1, -0.05) is 0 Å². The van der Waals surface area contributed by atoms with E-state index >= 15 is 0 Å². The molecule has 4 heterocycles. The number of imidazole rings is 1. The summed E-state index contributed by atoms with van der Waals surface area (Å²) in [7, 11) is 3.65. The maximum absolute atomic E-state index is 13.4. The van der Waals surface area contributed by atoms with E-state index in [9.17, 15) is 4.79 Å². The molecule has 1 amide bonds. The lowest BCUT2D eigenvalue weighted by Gasteiger charge is -2.30. The van der Waals surface area contributed by atoms with Gasteiger partial charge in [0, 0.05) is 49.2 Å². The minimum atomic E-state index is -0.0836. The number of methoxy groups -OCH3 is 1. The Bertz CT molecular complexity index is 1560. The molecule has 9 nitrogen and oxygen atoms in total. The molecule has 1 aromatic carbocycles. The number of aromatic nitrogens is 4. The number of hydrogen-bond donors (Lipinski definition) is 2. The van der Waals surface area contributed by atoms with Gasteiger partial charge in [-0.25, -0.2) is 9.97 Å². The standard InChI is InChI=1S/C30H39N7O2/c1-30(2,3)34-25-11-10-19-14-23(37(27(19)33-25)16-18-8-9-18)28-32-22-13-20(15-24(39-5)26(22)35(28)4)29(38)36-12-6-7-21(31)17-36/h10-11,13-15,18,21H,6-9,12,16-17,31H2,1-5H3,(H,33,34)/t21-/m1/s1. The van der Waals surface area contributed by atoms with Crippen LogP contribution in [0.25, 0.3) is 33.6 Å². The summed E-state index contributed by atoms with van der Waals surface area (Å²) >= 11 is 0. The Morgan fingerprint density at radius 3 is 2.64 bits per heavy atom. The Morgan fingerprint density at radius 2 is 1.95 bits per heavy atom. The first-order valence-electron chi connectivity index (χ1n) is 14.0. The van der Waals surface area contributed by atoms with Crippen molar-refractivity contribution in [3.63, 3.8) is 0 Å². The molecule has 206 valence electrons. The van der Waals surface area contributed by atoms with Crippen molar-refractivity contribution in [1.29, 1.82) is 0 Å². The van der Waals surface area contributed by atoms with Crippen molar-refractivity contribution in [3.8, 4) is 17.3 Å².